The summed E-state index contributed by atoms with van der Waals surface area (Å²) in [6.07, 6.45) is 1.68. The van der Waals surface area contributed by atoms with Crippen LogP contribution in [0.25, 0.3) is 16.8 Å². The molecule has 3 aromatic carbocycles. The highest BCUT2D eigenvalue weighted by molar-refractivity contribution is 8.18. The Morgan fingerprint density at radius 2 is 1.65 bits per heavy atom. The van der Waals surface area contributed by atoms with Crippen molar-refractivity contribution in [3.63, 3.8) is 0 Å². The Morgan fingerprint density at radius 1 is 0.923 bits per heavy atom. The molecule has 1 aliphatic rings. The maximum Gasteiger partial charge on any atom is 0.293 e. The SMILES string of the molecule is O=C1S/C(=C/c2ccccc2Cl)C(=O)N1Cc1cccc2ccccc12. The Labute approximate surface area is 160 Å². The lowest BCUT2D eigenvalue weighted by molar-refractivity contribution is -0.123. The van der Waals surface area contributed by atoms with Gasteiger partial charge in [-0.2, -0.15) is 0 Å². The first kappa shape index (κ1) is 16.9. The van der Waals surface area contributed by atoms with E-state index in [0.29, 0.717) is 9.93 Å². The predicted octanol–water partition coefficient (Wildman–Crippen LogP) is 5.73. The fourth-order valence-electron chi connectivity index (χ4n) is 2.97. The minimum Gasteiger partial charge on any atom is -0.268 e. The molecule has 0 saturated carbocycles. The zero-order valence-electron chi connectivity index (χ0n) is 13.7. The van der Waals surface area contributed by atoms with Crippen molar-refractivity contribution >= 4 is 51.4 Å². The van der Waals surface area contributed by atoms with Gasteiger partial charge in [-0.25, -0.2) is 0 Å². The fraction of sp³-hybridized carbons (Fsp3) is 0.0476. The lowest BCUT2D eigenvalue weighted by Crippen LogP contribution is -2.27. The van der Waals surface area contributed by atoms with Crippen LogP contribution in [0.2, 0.25) is 5.02 Å². The summed E-state index contributed by atoms with van der Waals surface area (Å²) >= 11 is 7.10. The summed E-state index contributed by atoms with van der Waals surface area (Å²) < 4.78 is 0. The van der Waals surface area contributed by atoms with Crippen LogP contribution in [0.15, 0.2) is 71.6 Å². The number of thioether (sulfide) groups is 1. The summed E-state index contributed by atoms with van der Waals surface area (Å²) in [7, 11) is 0. The van der Waals surface area contributed by atoms with E-state index in [9.17, 15) is 9.59 Å². The average molecular weight is 380 g/mol. The zero-order valence-corrected chi connectivity index (χ0v) is 15.3. The van der Waals surface area contributed by atoms with Gasteiger partial charge in [-0.15, -0.1) is 0 Å². The summed E-state index contributed by atoms with van der Waals surface area (Å²) in [5, 5.41) is 2.42. The van der Waals surface area contributed by atoms with Crippen LogP contribution in [-0.4, -0.2) is 16.0 Å². The average Bonchev–Trinajstić information content (AvgIpc) is 2.91. The minimum atomic E-state index is -0.284. The largest absolute Gasteiger partial charge is 0.293 e. The summed E-state index contributed by atoms with van der Waals surface area (Å²) in [5.74, 6) is -0.284. The number of hydrogen-bond acceptors (Lipinski definition) is 3. The number of benzene rings is 3. The lowest BCUT2D eigenvalue weighted by Gasteiger charge is -2.14. The molecule has 1 saturated heterocycles. The van der Waals surface area contributed by atoms with E-state index in [1.807, 2.05) is 60.7 Å². The highest BCUT2D eigenvalue weighted by atomic mass is 35.5. The Bertz CT molecular complexity index is 1060. The van der Waals surface area contributed by atoms with Gasteiger partial charge in [-0.3, -0.25) is 14.5 Å². The second-order valence-electron chi connectivity index (χ2n) is 5.93. The monoisotopic (exact) mass is 379 g/mol. The van der Waals surface area contributed by atoms with Crippen molar-refractivity contribution in [2.75, 3.05) is 0 Å². The molecule has 0 atom stereocenters. The molecule has 128 valence electrons. The van der Waals surface area contributed by atoms with E-state index < -0.39 is 0 Å². The molecule has 1 heterocycles. The molecule has 0 radical (unpaired) electrons. The van der Waals surface area contributed by atoms with Gasteiger partial charge in [0.1, 0.15) is 0 Å². The van der Waals surface area contributed by atoms with Crippen LogP contribution in [0.4, 0.5) is 4.79 Å². The number of rotatable bonds is 3. The quantitative estimate of drug-likeness (QED) is 0.545. The van der Waals surface area contributed by atoms with E-state index in [4.69, 9.17) is 11.6 Å². The molecule has 0 bridgehead atoms. The van der Waals surface area contributed by atoms with Gasteiger partial charge in [0.25, 0.3) is 11.1 Å². The lowest BCUT2D eigenvalue weighted by atomic mass is 10.0. The van der Waals surface area contributed by atoms with E-state index in [1.54, 1.807) is 12.1 Å². The molecule has 3 nitrogen and oxygen atoms in total. The maximum absolute atomic E-state index is 12.7. The number of amides is 2. The number of nitrogens with zero attached hydrogens (tertiary/aromatic N) is 1. The molecule has 0 aliphatic carbocycles. The molecular weight excluding hydrogens is 366 g/mol. The molecule has 5 heteroatoms. The van der Waals surface area contributed by atoms with Crippen molar-refractivity contribution in [3.8, 4) is 0 Å². The predicted molar refractivity (Wildman–Crippen MR) is 107 cm³/mol. The Hall–Kier alpha value is -2.56. The fourth-order valence-corrected chi connectivity index (χ4v) is 3.99. The number of carbonyl (C=O) groups excluding carboxylic acids is 2. The van der Waals surface area contributed by atoms with Gasteiger partial charge in [-0.1, -0.05) is 72.3 Å². The third kappa shape index (κ3) is 3.14. The Morgan fingerprint density at radius 3 is 2.50 bits per heavy atom. The molecule has 2 amide bonds. The molecule has 0 aromatic heterocycles. The number of fused-ring (bicyclic) bond motifs is 1. The molecule has 4 rings (SSSR count). The Balaban J connectivity index is 1.65. The van der Waals surface area contributed by atoms with E-state index in [1.165, 1.54) is 4.90 Å². The van der Waals surface area contributed by atoms with Crippen molar-refractivity contribution in [1.82, 2.24) is 4.90 Å². The number of hydrogen-bond donors (Lipinski definition) is 0. The van der Waals surface area contributed by atoms with Crippen LogP contribution >= 0.6 is 23.4 Å². The summed E-state index contributed by atoms with van der Waals surface area (Å²) in [6, 6.07) is 21.1. The first-order valence-electron chi connectivity index (χ1n) is 8.10. The van der Waals surface area contributed by atoms with Gasteiger partial charge in [0.05, 0.1) is 11.4 Å². The van der Waals surface area contributed by atoms with Crippen molar-refractivity contribution < 1.29 is 9.59 Å². The second-order valence-corrected chi connectivity index (χ2v) is 7.33. The van der Waals surface area contributed by atoms with E-state index >= 15 is 0 Å². The van der Waals surface area contributed by atoms with Crippen molar-refractivity contribution in [2.24, 2.45) is 0 Å². The van der Waals surface area contributed by atoms with E-state index in [0.717, 1.165) is 33.7 Å². The zero-order chi connectivity index (χ0) is 18.1. The van der Waals surface area contributed by atoms with Crippen LogP contribution in [0.5, 0.6) is 0 Å². The summed E-state index contributed by atoms with van der Waals surface area (Å²) in [4.78, 5) is 26.8. The number of carbonyl (C=O) groups is 2. The molecule has 1 aliphatic heterocycles. The topological polar surface area (TPSA) is 37.4 Å². The van der Waals surface area contributed by atoms with E-state index in [-0.39, 0.29) is 17.7 Å². The summed E-state index contributed by atoms with van der Waals surface area (Å²) in [5.41, 5.74) is 1.68. The third-order valence-electron chi connectivity index (χ3n) is 4.27. The highest BCUT2D eigenvalue weighted by Gasteiger charge is 2.35. The van der Waals surface area contributed by atoms with Gasteiger partial charge >= 0.3 is 0 Å². The number of halogens is 1. The molecule has 0 N–H and O–H groups in total. The van der Waals surface area contributed by atoms with Gasteiger partial charge in [-0.05, 0) is 45.8 Å². The molecule has 1 fully saturated rings. The number of imide groups is 1. The molecule has 3 aromatic rings. The highest BCUT2D eigenvalue weighted by Crippen LogP contribution is 2.35. The minimum absolute atomic E-state index is 0.256. The normalized spacial score (nSPS) is 16.0. The third-order valence-corrected chi connectivity index (χ3v) is 5.53. The first-order chi connectivity index (χ1) is 12.6. The smallest absolute Gasteiger partial charge is 0.268 e. The van der Waals surface area contributed by atoms with Crippen LogP contribution in [-0.2, 0) is 11.3 Å². The van der Waals surface area contributed by atoms with Gasteiger partial charge in [0.2, 0.25) is 0 Å². The standard InChI is InChI=1S/C21H14ClNO2S/c22-18-11-4-2-7-15(18)12-19-20(24)23(21(25)26-19)13-16-9-5-8-14-6-1-3-10-17(14)16/h1-12H,13H2/b19-12+. The maximum atomic E-state index is 12.7. The van der Waals surface area contributed by atoms with Crippen LogP contribution in [0, 0.1) is 0 Å². The molecule has 26 heavy (non-hydrogen) atoms. The van der Waals surface area contributed by atoms with E-state index in [2.05, 4.69) is 0 Å². The Kier molecular flexibility index (Phi) is 4.53. The first-order valence-corrected chi connectivity index (χ1v) is 9.29. The van der Waals surface area contributed by atoms with Crippen molar-refractivity contribution in [3.05, 3.63) is 87.8 Å². The molecular formula is C21H14ClNO2S. The van der Waals surface area contributed by atoms with Crippen molar-refractivity contribution in [2.45, 2.75) is 6.54 Å². The van der Waals surface area contributed by atoms with Crippen molar-refractivity contribution in [1.29, 1.82) is 0 Å². The second kappa shape index (κ2) is 6.98. The van der Waals surface area contributed by atoms with Gasteiger partial charge < -0.3 is 0 Å². The van der Waals surface area contributed by atoms with Crippen LogP contribution in [0.1, 0.15) is 11.1 Å². The summed E-state index contributed by atoms with van der Waals surface area (Å²) in [6.45, 7) is 0.256. The molecule has 0 spiro atoms. The van der Waals surface area contributed by atoms with Gasteiger partial charge in [0.15, 0.2) is 0 Å². The van der Waals surface area contributed by atoms with Crippen LogP contribution < -0.4 is 0 Å². The molecule has 0 unspecified atom stereocenters. The van der Waals surface area contributed by atoms with Crippen LogP contribution in [0.3, 0.4) is 0 Å². The van der Waals surface area contributed by atoms with Gasteiger partial charge in [0, 0.05) is 5.02 Å².